The lowest BCUT2D eigenvalue weighted by atomic mass is 10.2. The van der Waals surface area contributed by atoms with Gasteiger partial charge >= 0.3 is 0 Å². The van der Waals surface area contributed by atoms with Crippen LogP contribution >= 0.6 is 11.6 Å². The van der Waals surface area contributed by atoms with Crippen molar-refractivity contribution >= 4 is 22.5 Å². The van der Waals surface area contributed by atoms with Gasteiger partial charge in [0.2, 0.25) is 5.88 Å². The summed E-state index contributed by atoms with van der Waals surface area (Å²) in [5, 5.41) is 9.78. The van der Waals surface area contributed by atoms with Crippen molar-refractivity contribution in [3.05, 3.63) is 29.0 Å². The van der Waals surface area contributed by atoms with Gasteiger partial charge in [0.25, 0.3) is 0 Å². The van der Waals surface area contributed by atoms with E-state index in [1.165, 1.54) is 7.11 Å². The highest BCUT2D eigenvalue weighted by atomic mass is 35.5. The lowest BCUT2D eigenvalue weighted by molar-refractivity contribution is 0.399. The molecule has 0 aliphatic rings. The summed E-state index contributed by atoms with van der Waals surface area (Å²) in [5.41, 5.74) is 0.874. The molecule has 0 fully saturated rings. The van der Waals surface area contributed by atoms with Crippen LogP contribution in [0.3, 0.4) is 0 Å². The molecule has 2 aromatic rings. The number of nitrogens with zero attached hydrogens (tertiary/aromatic N) is 3. The van der Waals surface area contributed by atoms with Crippen LogP contribution in [0, 0.1) is 11.3 Å². The van der Waals surface area contributed by atoms with E-state index in [9.17, 15) is 0 Å². The SMILES string of the molecule is COc1ccc2c(C#N)nc(Cl)cc2n1. The number of fused-ring (bicyclic) bond motifs is 1. The second kappa shape index (κ2) is 3.71. The van der Waals surface area contributed by atoms with Gasteiger partial charge in [-0.2, -0.15) is 5.26 Å². The van der Waals surface area contributed by atoms with Crippen LogP contribution in [0.25, 0.3) is 10.9 Å². The average molecular weight is 220 g/mol. The summed E-state index contributed by atoms with van der Waals surface area (Å²) < 4.78 is 4.98. The van der Waals surface area contributed by atoms with Crippen molar-refractivity contribution in [2.75, 3.05) is 7.11 Å². The molecule has 0 saturated heterocycles. The van der Waals surface area contributed by atoms with Gasteiger partial charge in [-0.05, 0) is 6.07 Å². The number of aromatic nitrogens is 2. The molecule has 0 unspecified atom stereocenters. The molecular formula is C10H6ClN3O. The Labute approximate surface area is 91.1 Å². The molecule has 0 spiro atoms. The third-order valence-corrected chi connectivity index (χ3v) is 2.14. The van der Waals surface area contributed by atoms with Gasteiger partial charge in [0.05, 0.1) is 12.6 Å². The summed E-state index contributed by atoms with van der Waals surface area (Å²) in [5.74, 6) is 0.480. The van der Waals surface area contributed by atoms with Crippen molar-refractivity contribution in [2.45, 2.75) is 0 Å². The van der Waals surface area contributed by atoms with Crippen LogP contribution in [0.15, 0.2) is 18.2 Å². The molecule has 2 rings (SSSR count). The maximum Gasteiger partial charge on any atom is 0.213 e. The molecule has 0 aliphatic carbocycles. The van der Waals surface area contributed by atoms with Crippen molar-refractivity contribution in [3.8, 4) is 11.9 Å². The first-order valence-electron chi connectivity index (χ1n) is 4.16. The van der Waals surface area contributed by atoms with Crippen LogP contribution in [-0.2, 0) is 0 Å². The van der Waals surface area contributed by atoms with E-state index in [1.54, 1.807) is 18.2 Å². The summed E-state index contributed by atoms with van der Waals surface area (Å²) in [6, 6.07) is 6.99. The lowest BCUT2D eigenvalue weighted by Crippen LogP contribution is -1.92. The minimum absolute atomic E-state index is 0.250. The molecule has 0 atom stereocenters. The van der Waals surface area contributed by atoms with E-state index < -0.39 is 0 Å². The number of hydrogen-bond donors (Lipinski definition) is 0. The van der Waals surface area contributed by atoms with E-state index in [2.05, 4.69) is 9.97 Å². The molecule has 2 heterocycles. The lowest BCUT2D eigenvalue weighted by Gasteiger charge is -2.02. The highest BCUT2D eigenvalue weighted by molar-refractivity contribution is 6.30. The number of halogens is 1. The molecule has 74 valence electrons. The van der Waals surface area contributed by atoms with Gasteiger partial charge in [0, 0.05) is 17.5 Å². The maximum absolute atomic E-state index is 8.86. The van der Waals surface area contributed by atoms with Gasteiger partial charge in [-0.15, -0.1) is 0 Å². The van der Waals surface area contributed by atoms with Gasteiger partial charge in [-0.25, -0.2) is 9.97 Å². The first kappa shape index (κ1) is 9.69. The Morgan fingerprint density at radius 3 is 2.87 bits per heavy atom. The molecule has 0 aliphatic heterocycles. The van der Waals surface area contributed by atoms with Crippen LogP contribution in [0.5, 0.6) is 5.88 Å². The minimum Gasteiger partial charge on any atom is -0.481 e. The molecule has 0 radical (unpaired) electrons. The average Bonchev–Trinajstić information content (AvgIpc) is 2.26. The summed E-state index contributed by atoms with van der Waals surface area (Å²) in [7, 11) is 1.53. The highest BCUT2D eigenvalue weighted by Gasteiger charge is 2.06. The van der Waals surface area contributed by atoms with Crippen molar-refractivity contribution in [1.29, 1.82) is 5.26 Å². The van der Waals surface area contributed by atoms with Gasteiger partial charge in [-0.1, -0.05) is 11.6 Å². The van der Waals surface area contributed by atoms with Crippen molar-refractivity contribution < 1.29 is 4.74 Å². The molecular weight excluding hydrogens is 214 g/mol. The Morgan fingerprint density at radius 2 is 2.20 bits per heavy atom. The monoisotopic (exact) mass is 219 g/mol. The molecule has 0 saturated carbocycles. The summed E-state index contributed by atoms with van der Waals surface area (Å²) in [6.07, 6.45) is 0. The quantitative estimate of drug-likeness (QED) is 0.690. The number of pyridine rings is 2. The van der Waals surface area contributed by atoms with E-state index in [0.717, 1.165) is 0 Å². The van der Waals surface area contributed by atoms with E-state index in [-0.39, 0.29) is 10.8 Å². The fourth-order valence-corrected chi connectivity index (χ4v) is 1.47. The third kappa shape index (κ3) is 1.69. The Kier molecular flexibility index (Phi) is 2.40. The zero-order valence-corrected chi connectivity index (χ0v) is 8.62. The van der Waals surface area contributed by atoms with Gasteiger partial charge < -0.3 is 4.74 Å². The Bertz CT molecular complexity index is 562. The van der Waals surface area contributed by atoms with Crippen LogP contribution in [-0.4, -0.2) is 17.1 Å². The van der Waals surface area contributed by atoms with E-state index in [1.807, 2.05) is 6.07 Å². The topological polar surface area (TPSA) is 58.8 Å². The first-order chi connectivity index (χ1) is 7.24. The number of ether oxygens (including phenoxy) is 1. The molecule has 0 N–H and O–H groups in total. The molecule has 5 heteroatoms. The standard InChI is InChI=1S/C10H6ClN3O/c1-15-10-3-2-6-7(14-10)4-9(11)13-8(6)5-12/h2-4H,1H3. The van der Waals surface area contributed by atoms with Crippen LogP contribution in [0.1, 0.15) is 5.69 Å². The van der Waals surface area contributed by atoms with Gasteiger partial charge in [-0.3, -0.25) is 0 Å². The van der Waals surface area contributed by atoms with Gasteiger partial charge in [0.15, 0.2) is 5.69 Å². The maximum atomic E-state index is 8.86. The van der Waals surface area contributed by atoms with E-state index in [4.69, 9.17) is 21.6 Å². The van der Waals surface area contributed by atoms with Gasteiger partial charge in [0.1, 0.15) is 11.2 Å². The molecule has 0 amide bonds. The van der Waals surface area contributed by atoms with Crippen LogP contribution in [0.4, 0.5) is 0 Å². The van der Waals surface area contributed by atoms with Crippen molar-refractivity contribution in [3.63, 3.8) is 0 Å². The van der Waals surface area contributed by atoms with Crippen LogP contribution < -0.4 is 4.74 Å². The fraction of sp³-hybridized carbons (Fsp3) is 0.100. The Balaban J connectivity index is 2.79. The molecule has 0 bridgehead atoms. The zero-order chi connectivity index (χ0) is 10.8. The third-order valence-electron chi connectivity index (χ3n) is 1.94. The zero-order valence-electron chi connectivity index (χ0n) is 7.86. The smallest absolute Gasteiger partial charge is 0.213 e. The summed E-state index contributed by atoms with van der Waals surface area (Å²) in [6.45, 7) is 0. The second-order valence-corrected chi connectivity index (χ2v) is 3.21. The molecule has 15 heavy (non-hydrogen) atoms. The van der Waals surface area contributed by atoms with Crippen molar-refractivity contribution in [2.24, 2.45) is 0 Å². The first-order valence-corrected chi connectivity index (χ1v) is 4.54. The van der Waals surface area contributed by atoms with Crippen molar-refractivity contribution in [1.82, 2.24) is 9.97 Å². The Hall–Kier alpha value is -1.86. The largest absolute Gasteiger partial charge is 0.481 e. The van der Waals surface area contributed by atoms with Crippen LogP contribution in [0.2, 0.25) is 5.15 Å². The number of nitriles is 1. The second-order valence-electron chi connectivity index (χ2n) is 2.83. The molecule has 2 aromatic heterocycles. The normalized spacial score (nSPS) is 9.93. The summed E-state index contributed by atoms with van der Waals surface area (Å²) in [4.78, 5) is 8.06. The molecule has 4 nitrogen and oxygen atoms in total. The number of hydrogen-bond acceptors (Lipinski definition) is 4. The predicted molar refractivity (Wildman–Crippen MR) is 55.8 cm³/mol. The predicted octanol–water partition coefficient (Wildman–Crippen LogP) is 2.16. The minimum atomic E-state index is 0.250. The number of rotatable bonds is 1. The van der Waals surface area contributed by atoms with E-state index >= 15 is 0 Å². The number of methoxy groups -OCH3 is 1. The van der Waals surface area contributed by atoms with E-state index in [0.29, 0.717) is 16.8 Å². The fourth-order valence-electron chi connectivity index (χ4n) is 1.28. The highest BCUT2D eigenvalue weighted by Crippen LogP contribution is 2.21. The Morgan fingerprint density at radius 1 is 1.40 bits per heavy atom. The summed E-state index contributed by atoms with van der Waals surface area (Å²) >= 11 is 5.76. The molecule has 0 aromatic carbocycles.